The summed E-state index contributed by atoms with van der Waals surface area (Å²) >= 11 is 1.54. The summed E-state index contributed by atoms with van der Waals surface area (Å²) in [4.78, 5) is 16.6. The zero-order valence-corrected chi connectivity index (χ0v) is 13.4. The molecule has 0 amide bonds. The topological polar surface area (TPSA) is 50.2 Å². The highest BCUT2D eigenvalue weighted by Gasteiger charge is 2.07. The lowest BCUT2D eigenvalue weighted by Gasteiger charge is -1.98. The number of allylic oxidation sites excluding steroid dienone is 1. The van der Waals surface area contributed by atoms with E-state index in [0.717, 1.165) is 16.3 Å². The first-order chi connectivity index (χ1) is 11.1. The van der Waals surface area contributed by atoms with Crippen LogP contribution in [0.4, 0.5) is 0 Å². The lowest BCUT2D eigenvalue weighted by molar-refractivity contribution is 0.104. The zero-order chi connectivity index (χ0) is 16.2. The minimum atomic E-state index is -0.243. The Bertz CT molecular complexity index is 863. The summed E-state index contributed by atoms with van der Waals surface area (Å²) < 4.78 is 0. The van der Waals surface area contributed by atoms with Gasteiger partial charge in [0.2, 0.25) is 0 Å². The summed E-state index contributed by atoms with van der Waals surface area (Å²) in [6.07, 6.45) is 3.10. The number of phenols is 1. The lowest BCUT2D eigenvalue weighted by Crippen LogP contribution is -1.94. The van der Waals surface area contributed by atoms with Crippen LogP contribution in [0.25, 0.3) is 16.6 Å². The molecular formula is C19H15NO2S. The number of ketones is 1. The smallest absolute Gasteiger partial charge is 0.189 e. The molecule has 0 unspecified atom stereocenters. The highest BCUT2D eigenvalue weighted by molar-refractivity contribution is 7.13. The first-order valence-electron chi connectivity index (χ1n) is 7.16. The summed E-state index contributed by atoms with van der Waals surface area (Å²) in [5.41, 5.74) is 3.29. The molecule has 0 aliphatic heterocycles. The maximum Gasteiger partial charge on any atom is 0.189 e. The van der Waals surface area contributed by atoms with Crippen LogP contribution >= 0.6 is 11.3 Å². The molecule has 3 rings (SSSR count). The Hall–Kier alpha value is -2.72. The average molecular weight is 321 g/mol. The van der Waals surface area contributed by atoms with Crippen molar-refractivity contribution in [3.63, 3.8) is 0 Å². The molecule has 0 radical (unpaired) electrons. The quantitative estimate of drug-likeness (QED) is 0.559. The van der Waals surface area contributed by atoms with Crippen LogP contribution in [-0.4, -0.2) is 15.9 Å². The molecule has 0 atom stereocenters. The number of aromatic hydroxyl groups is 1. The SMILES string of the molecule is Cc1ccc(-c2nc(/C=C/C(=O)c3ccccc3O)cs2)cc1. The zero-order valence-electron chi connectivity index (χ0n) is 12.6. The van der Waals surface area contributed by atoms with Crippen molar-refractivity contribution in [1.82, 2.24) is 4.98 Å². The van der Waals surface area contributed by atoms with E-state index in [-0.39, 0.29) is 17.1 Å². The highest BCUT2D eigenvalue weighted by Crippen LogP contribution is 2.24. The van der Waals surface area contributed by atoms with Gasteiger partial charge in [0.25, 0.3) is 0 Å². The van der Waals surface area contributed by atoms with Gasteiger partial charge in [-0.3, -0.25) is 4.79 Å². The molecule has 2 aromatic carbocycles. The van der Waals surface area contributed by atoms with Crippen LogP contribution in [0.5, 0.6) is 5.75 Å². The number of carbonyl (C=O) groups is 1. The van der Waals surface area contributed by atoms with Crippen molar-refractivity contribution in [2.75, 3.05) is 0 Å². The van der Waals surface area contributed by atoms with Crippen LogP contribution in [0.1, 0.15) is 21.6 Å². The Kier molecular flexibility index (Phi) is 4.35. The van der Waals surface area contributed by atoms with E-state index in [1.165, 1.54) is 29.0 Å². The number of rotatable bonds is 4. The summed E-state index contributed by atoms with van der Waals surface area (Å²) in [7, 11) is 0. The molecule has 0 bridgehead atoms. The molecule has 0 saturated carbocycles. The number of para-hydroxylation sites is 1. The van der Waals surface area contributed by atoms with Crippen LogP contribution < -0.4 is 0 Å². The Morgan fingerprint density at radius 2 is 1.87 bits per heavy atom. The van der Waals surface area contributed by atoms with Crippen molar-refractivity contribution in [2.45, 2.75) is 6.92 Å². The number of hydrogen-bond donors (Lipinski definition) is 1. The van der Waals surface area contributed by atoms with Crippen LogP contribution in [0.3, 0.4) is 0 Å². The van der Waals surface area contributed by atoms with Gasteiger partial charge in [-0.2, -0.15) is 0 Å². The fraction of sp³-hybridized carbons (Fsp3) is 0.0526. The van der Waals surface area contributed by atoms with Crippen molar-refractivity contribution < 1.29 is 9.90 Å². The third-order valence-corrected chi connectivity index (χ3v) is 4.31. The van der Waals surface area contributed by atoms with Gasteiger partial charge in [0, 0.05) is 10.9 Å². The van der Waals surface area contributed by atoms with E-state index in [0.29, 0.717) is 0 Å². The maximum absolute atomic E-state index is 12.1. The molecular weight excluding hydrogens is 306 g/mol. The van der Waals surface area contributed by atoms with Crippen LogP contribution in [0.15, 0.2) is 60.0 Å². The molecule has 114 valence electrons. The number of phenolic OH excluding ortho intramolecular Hbond substituents is 1. The predicted molar refractivity (Wildman–Crippen MR) is 93.8 cm³/mol. The number of aromatic nitrogens is 1. The highest BCUT2D eigenvalue weighted by atomic mass is 32.1. The van der Waals surface area contributed by atoms with E-state index < -0.39 is 0 Å². The van der Waals surface area contributed by atoms with Crippen LogP contribution in [-0.2, 0) is 0 Å². The minimum absolute atomic E-state index is 0.0132. The van der Waals surface area contributed by atoms with Crippen molar-refractivity contribution in [1.29, 1.82) is 0 Å². The van der Waals surface area contributed by atoms with Crippen molar-refractivity contribution in [3.8, 4) is 16.3 Å². The number of aryl methyl sites for hydroxylation is 1. The van der Waals surface area contributed by atoms with Gasteiger partial charge in [0.15, 0.2) is 5.78 Å². The Morgan fingerprint density at radius 3 is 2.61 bits per heavy atom. The second-order valence-corrected chi connectivity index (χ2v) is 6.02. The second kappa shape index (κ2) is 6.58. The second-order valence-electron chi connectivity index (χ2n) is 5.16. The van der Waals surface area contributed by atoms with E-state index >= 15 is 0 Å². The van der Waals surface area contributed by atoms with Gasteiger partial charge in [0.05, 0.1) is 11.3 Å². The van der Waals surface area contributed by atoms with E-state index in [9.17, 15) is 9.90 Å². The molecule has 0 aliphatic rings. The molecule has 1 aromatic heterocycles. The van der Waals surface area contributed by atoms with Crippen molar-refractivity contribution in [2.24, 2.45) is 0 Å². The van der Waals surface area contributed by atoms with E-state index in [4.69, 9.17) is 0 Å². The van der Waals surface area contributed by atoms with Gasteiger partial charge in [-0.05, 0) is 31.2 Å². The molecule has 23 heavy (non-hydrogen) atoms. The molecule has 0 aliphatic carbocycles. The Labute approximate surface area is 138 Å². The Balaban J connectivity index is 1.77. The first-order valence-corrected chi connectivity index (χ1v) is 8.04. The lowest BCUT2D eigenvalue weighted by atomic mass is 10.1. The predicted octanol–water partition coefficient (Wildman–Crippen LogP) is 4.72. The van der Waals surface area contributed by atoms with Gasteiger partial charge in [-0.15, -0.1) is 11.3 Å². The summed E-state index contributed by atoms with van der Waals surface area (Å²) in [5, 5.41) is 12.5. The molecule has 0 saturated heterocycles. The van der Waals surface area contributed by atoms with Gasteiger partial charge in [-0.1, -0.05) is 42.0 Å². The van der Waals surface area contributed by atoms with Crippen LogP contribution in [0.2, 0.25) is 0 Å². The van der Waals surface area contributed by atoms with Crippen molar-refractivity contribution in [3.05, 3.63) is 76.8 Å². The Morgan fingerprint density at radius 1 is 1.13 bits per heavy atom. The fourth-order valence-electron chi connectivity index (χ4n) is 2.12. The monoisotopic (exact) mass is 321 g/mol. The van der Waals surface area contributed by atoms with E-state index in [1.54, 1.807) is 24.3 Å². The van der Waals surface area contributed by atoms with E-state index in [2.05, 4.69) is 4.98 Å². The number of thiazole rings is 1. The molecule has 3 nitrogen and oxygen atoms in total. The van der Waals surface area contributed by atoms with E-state index in [1.807, 2.05) is 36.6 Å². The average Bonchev–Trinajstić information content (AvgIpc) is 3.03. The standard InChI is InChI=1S/C19H15NO2S/c1-13-6-8-14(9-7-13)19-20-15(12-23-19)10-11-18(22)16-4-2-3-5-17(16)21/h2-12,21H,1H3/b11-10+. The third kappa shape index (κ3) is 3.55. The largest absolute Gasteiger partial charge is 0.507 e. The number of nitrogens with zero attached hydrogens (tertiary/aromatic N) is 1. The molecule has 3 aromatic rings. The maximum atomic E-state index is 12.1. The molecule has 0 spiro atoms. The molecule has 4 heteroatoms. The summed E-state index contributed by atoms with van der Waals surface area (Å²) in [5.74, 6) is -0.256. The summed E-state index contributed by atoms with van der Waals surface area (Å²) in [6, 6.07) is 14.7. The van der Waals surface area contributed by atoms with Crippen LogP contribution in [0, 0.1) is 6.92 Å². The van der Waals surface area contributed by atoms with Gasteiger partial charge in [0.1, 0.15) is 10.8 Å². The third-order valence-electron chi connectivity index (χ3n) is 3.40. The fourth-order valence-corrected chi connectivity index (χ4v) is 2.92. The number of carbonyl (C=O) groups excluding carboxylic acids is 1. The molecule has 1 heterocycles. The first kappa shape index (κ1) is 15.2. The summed E-state index contributed by atoms with van der Waals surface area (Å²) in [6.45, 7) is 2.05. The van der Waals surface area contributed by atoms with Gasteiger partial charge >= 0.3 is 0 Å². The van der Waals surface area contributed by atoms with Gasteiger partial charge < -0.3 is 5.11 Å². The molecule has 1 N–H and O–H groups in total. The normalized spacial score (nSPS) is 11.0. The number of benzene rings is 2. The van der Waals surface area contributed by atoms with Crippen molar-refractivity contribution >= 4 is 23.2 Å². The number of hydrogen-bond acceptors (Lipinski definition) is 4. The minimum Gasteiger partial charge on any atom is -0.507 e. The molecule has 0 fully saturated rings. The van der Waals surface area contributed by atoms with Gasteiger partial charge in [-0.25, -0.2) is 4.98 Å².